The first kappa shape index (κ1) is 14.3. The molecular formula is C17H23N3O. The van der Waals surface area contributed by atoms with Gasteiger partial charge in [0.15, 0.2) is 0 Å². The van der Waals surface area contributed by atoms with Crippen LogP contribution in [0, 0.1) is 0 Å². The van der Waals surface area contributed by atoms with Crippen molar-refractivity contribution in [2.45, 2.75) is 57.5 Å². The van der Waals surface area contributed by atoms with Gasteiger partial charge in [0.05, 0.1) is 13.0 Å². The lowest BCUT2D eigenvalue weighted by Gasteiger charge is -2.14. The molecule has 21 heavy (non-hydrogen) atoms. The molecular weight excluding hydrogens is 262 g/mol. The van der Waals surface area contributed by atoms with E-state index in [1.54, 1.807) is 0 Å². The van der Waals surface area contributed by atoms with Crippen LogP contribution >= 0.6 is 0 Å². The average Bonchev–Trinajstić information content (AvgIpc) is 2.80. The van der Waals surface area contributed by atoms with Gasteiger partial charge < -0.3 is 9.73 Å². The fourth-order valence-corrected chi connectivity index (χ4v) is 2.92. The first-order chi connectivity index (χ1) is 10.4. The molecule has 1 aromatic heterocycles. The Morgan fingerprint density at radius 2 is 1.67 bits per heavy atom. The number of hydrogen-bond donors (Lipinski definition) is 1. The van der Waals surface area contributed by atoms with Gasteiger partial charge in [0.1, 0.15) is 0 Å². The highest BCUT2D eigenvalue weighted by Crippen LogP contribution is 2.17. The summed E-state index contributed by atoms with van der Waals surface area (Å²) in [7, 11) is 0. The van der Waals surface area contributed by atoms with Crippen molar-refractivity contribution in [3.63, 3.8) is 0 Å². The van der Waals surface area contributed by atoms with Crippen LogP contribution < -0.4 is 5.32 Å². The molecule has 1 fully saturated rings. The number of nitrogens with zero attached hydrogens (tertiary/aromatic N) is 2. The maximum absolute atomic E-state index is 5.73. The second-order valence-corrected chi connectivity index (χ2v) is 5.82. The molecule has 2 aromatic rings. The summed E-state index contributed by atoms with van der Waals surface area (Å²) in [5.74, 6) is 1.39. The summed E-state index contributed by atoms with van der Waals surface area (Å²) in [6, 6.07) is 10.8. The Hall–Kier alpha value is -1.68. The maximum Gasteiger partial charge on any atom is 0.230 e. The quantitative estimate of drug-likeness (QED) is 0.855. The second-order valence-electron chi connectivity index (χ2n) is 5.82. The van der Waals surface area contributed by atoms with Crippen molar-refractivity contribution in [1.29, 1.82) is 0 Å². The van der Waals surface area contributed by atoms with E-state index in [4.69, 9.17) is 4.42 Å². The number of benzene rings is 1. The van der Waals surface area contributed by atoms with Crippen LogP contribution in [0.3, 0.4) is 0 Å². The summed E-state index contributed by atoms with van der Waals surface area (Å²) in [6.45, 7) is 0.687. The van der Waals surface area contributed by atoms with Crippen LogP contribution in [-0.4, -0.2) is 16.2 Å². The fraction of sp³-hybridized carbons (Fsp3) is 0.529. The zero-order valence-corrected chi connectivity index (χ0v) is 12.4. The van der Waals surface area contributed by atoms with Crippen LogP contribution in [0.25, 0.3) is 0 Å². The SMILES string of the molecule is c1ccc(Cc2nnc(CNC3CCCCCC3)o2)cc1. The van der Waals surface area contributed by atoms with Gasteiger partial charge in [-0.3, -0.25) is 0 Å². The predicted molar refractivity (Wildman–Crippen MR) is 81.9 cm³/mol. The summed E-state index contributed by atoms with van der Waals surface area (Å²) in [6.07, 6.45) is 8.66. The molecule has 112 valence electrons. The number of hydrogen-bond acceptors (Lipinski definition) is 4. The molecule has 4 heteroatoms. The van der Waals surface area contributed by atoms with E-state index in [1.165, 1.54) is 44.1 Å². The van der Waals surface area contributed by atoms with Gasteiger partial charge in [0.25, 0.3) is 0 Å². The summed E-state index contributed by atoms with van der Waals surface area (Å²) in [4.78, 5) is 0. The van der Waals surface area contributed by atoms with Crippen LogP contribution in [0.2, 0.25) is 0 Å². The van der Waals surface area contributed by atoms with Crippen LogP contribution in [-0.2, 0) is 13.0 Å². The predicted octanol–water partition coefficient (Wildman–Crippen LogP) is 3.47. The Bertz CT molecular complexity index is 530. The normalized spacial score (nSPS) is 16.8. The molecule has 1 heterocycles. The highest BCUT2D eigenvalue weighted by molar-refractivity contribution is 5.17. The highest BCUT2D eigenvalue weighted by Gasteiger charge is 2.13. The summed E-state index contributed by atoms with van der Waals surface area (Å²) < 4.78 is 5.73. The molecule has 0 saturated heterocycles. The minimum atomic E-state index is 0.608. The standard InChI is InChI=1S/C17H23N3O/c1-2-7-11-15(10-6-1)18-13-17-20-19-16(21-17)12-14-8-4-3-5-9-14/h3-5,8-9,15,18H,1-2,6-7,10-13H2. The molecule has 1 aliphatic rings. The zero-order chi connectivity index (χ0) is 14.3. The molecule has 0 bridgehead atoms. The van der Waals surface area contributed by atoms with Crippen LogP contribution in [0.1, 0.15) is 55.9 Å². The minimum absolute atomic E-state index is 0.608. The van der Waals surface area contributed by atoms with E-state index >= 15 is 0 Å². The van der Waals surface area contributed by atoms with Gasteiger partial charge in [0, 0.05) is 6.04 Å². The molecule has 0 atom stereocenters. The Balaban J connectivity index is 1.50. The molecule has 0 spiro atoms. The lowest BCUT2D eigenvalue weighted by molar-refractivity contribution is 0.396. The van der Waals surface area contributed by atoms with Crippen molar-refractivity contribution in [1.82, 2.24) is 15.5 Å². The smallest absolute Gasteiger partial charge is 0.230 e. The van der Waals surface area contributed by atoms with Crippen molar-refractivity contribution >= 4 is 0 Å². The van der Waals surface area contributed by atoms with Gasteiger partial charge >= 0.3 is 0 Å². The van der Waals surface area contributed by atoms with E-state index in [9.17, 15) is 0 Å². The van der Waals surface area contributed by atoms with Crippen molar-refractivity contribution in [2.75, 3.05) is 0 Å². The fourth-order valence-electron chi connectivity index (χ4n) is 2.92. The lowest BCUT2D eigenvalue weighted by Crippen LogP contribution is -2.27. The molecule has 4 nitrogen and oxygen atoms in total. The van der Waals surface area contributed by atoms with Crippen molar-refractivity contribution < 1.29 is 4.42 Å². The summed E-state index contributed by atoms with van der Waals surface area (Å²) in [5, 5.41) is 11.8. The Morgan fingerprint density at radius 3 is 2.43 bits per heavy atom. The van der Waals surface area contributed by atoms with Gasteiger partial charge in [-0.15, -0.1) is 10.2 Å². The molecule has 0 radical (unpaired) electrons. The molecule has 0 amide bonds. The zero-order valence-electron chi connectivity index (χ0n) is 12.4. The largest absolute Gasteiger partial charge is 0.424 e. The first-order valence-electron chi connectivity index (χ1n) is 7.99. The first-order valence-corrected chi connectivity index (χ1v) is 7.99. The van der Waals surface area contributed by atoms with Gasteiger partial charge in [-0.1, -0.05) is 56.0 Å². The van der Waals surface area contributed by atoms with E-state index in [0.29, 0.717) is 30.8 Å². The number of nitrogens with one attached hydrogen (secondary N) is 1. The lowest BCUT2D eigenvalue weighted by atomic mass is 10.1. The molecule has 1 saturated carbocycles. The number of aromatic nitrogens is 2. The van der Waals surface area contributed by atoms with Crippen molar-refractivity contribution in [3.05, 3.63) is 47.7 Å². The van der Waals surface area contributed by atoms with E-state index in [1.807, 2.05) is 18.2 Å². The van der Waals surface area contributed by atoms with Gasteiger partial charge in [-0.25, -0.2) is 0 Å². The Labute approximate surface area is 126 Å². The third kappa shape index (κ3) is 4.39. The van der Waals surface area contributed by atoms with E-state index < -0.39 is 0 Å². The second kappa shape index (κ2) is 7.36. The van der Waals surface area contributed by atoms with Crippen LogP contribution in [0.5, 0.6) is 0 Å². The monoisotopic (exact) mass is 285 g/mol. The topological polar surface area (TPSA) is 51.0 Å². The number of rotatable bonds is 5. The van der Waals surface area contributed by atoms with Crippen molar-refractivity contribution in [2.24, 2.45) is 0 Å². The van der Waals surface area contributed by atoms with Gasteiger partial charge in [-0.2, -0.15) is 0 Å². The Morgan fingerprint density at radius 1 is 0.952 bits per heavy atom. The van der Waals surface area contributed by atoms with E-state index in [2.05, 4.69) is 27.6 Å². The molecule has 0 unspecified atom stereocenters. The summed E-state index contributed by atoms with van der Waals surface area (Å²) >= 11 is 0. The van der Waals surface area contributed by atoms with Crippen LogP contribution in [0.15, 0.2) is 34.7 Å². The molecule has 0 aliphatic heterocycles. The minimum Gasteiger partial charge on any atom is -0.424 e. The molecule has 1 N–H and O–H groups in total. The molecule has 3 rings (SSSR count). The molecule has 1 aliphatic carbocycles. The van der Waals surface area contributed by atoms with E-state index in [-0.39, 0.29) is 0 Å². The van der Waals surface area contributed by atoms with Gasteiger partial charge in [-0.05, 0) is 18.4 Å². The third-order valence-electron chi connectivity index (χ3n) is 4.10. The van der Waals surface area contributed by atoms with Crippen LogP contribution in [0.4, 0.5) is 0 Å². The summed E-state index contributed by atoms with van der Waals surface area (Å²) in [5.41, 5.74) is 1.20. The highest BCUT2D eigenvalue weighted by atomic mass is 16.4. The van der Waals surface area contributed by atoms with Gasteiger partial charge in [0.2, 0.25) is 11.8 Å². The average molecular weight is 285 g/mol. The third-order valence-corrected chi connectivity index (χ3v) is 4.10. The Kier molecular flexibility index (Phi) is 5.00. The molecule has 1 aromatic carbocycles. The van der Waals surface area contributed by atoms with Crippen molar-refractivity contribution in [3.8, 4) is 0 Å². The maximum atomic E-state index is 5.73. The van der Waals surface area contributed by atoms with E-state index in [0.717, 1.165) is 0 Å².